The number of aliphatic imine (C=N–C) groups is 1. The third-order valence-electron chi connectivity index (χ3n) is 4.89. The Balaban J connectivity index is 1.64. The van der Waals surface area contributed by atoms with Crippen molar-refractivity contribution < 1.29 is 9.21 Å². The van der Waals surface area contributed by atoms with Crippen molar-refractivity contribution >= 4 is 11.9 Å². The van der Waals surface area contributed by atoms with Crippen molar-refractivity contribution in [1.29, 1.82) is 0 Å². The van der Waals surface area contributed by atoms with Gasteiger partial charge in [-0.05, 0) is 31.9 Å². The van der Waals surface area contributed by atoms with E-state index in [0.717, 1.165) is 62.7 Å². The molecule has 136 valence electrons. The smallest absolute Gasteiger partial charge is 0.220 e. The number of furan rings is 1. The average molecular weight is 344 g/mol. The van der Waals surface area contributed by atoms with Gasteiger partial charge in [0.25, 0.3) is 0 Å². The lowest BCUT2D eigenvalue weighted by atomic mass is 9.79. The third kappa shape index (κ3) is 4.65. The van der Waals surface area contributed by atoms with Gasteiger partial charge in [-0.15, -0.1) is 0 Å². The van der Waals surface area contributed by atoms with E-state index in [1.54, 1.807) is 6.26 Å². The fourth-order valence-corrected chi connectivity index (χ4v) is 3.66. The Morgan fingerprint density at radius 1 is 1.56 bits per heavy atom. The van der Waals surface area contributed by atoms with Gasteiger partial charge in [0.2, 0.25) is 5.91 Å². The van der Waals surface area contributed by atoms with Crippen molar-refractivity contribution in [2.24, 2.45) is 10.4 Å². The summed E-state index contributed by atoms with van der Waals surface area (Å²) in [6.45, 7) is 9.94. The van der Waals surface area contributed by atoms with Crippen LogP contribution >= 0.6 is 0 Å². The van der Waals surface area contributed by atoms with Crippen LogP contribution in [0.2, 0.25) is 0 Å². The number of rotatable bonds is 5. The molecule has 6 heteroatoms. The van der Waals surface area contributed by atoms with Gasteiger partial charge in [-0.2, -0.15) is 0 Å². The normalized spacial score (nSPS) is 23.8. The van der Waals surface area contributed by atoms with Crippen LogP contribution in [0.5, 0.6) is 0 Å². The van der Waals surface area contributed by atoms with Crippen molar-refractivity contribution in [1.82, 2.24) is 15.5 Å². The summed E-state index contributed by atoms with van der Waals surface area (Å²) in [4.78, 5) is 18.7. The Morgan fingerprint density at radius 2 is 2.44 bits per heavy atom. The highest BCUT2D eigenvalue weighted by atomic mass is 16.3. The summed E-state index contributed by atoms with van der Waals surface area (Å²) in [6, 6.07) is 3.89. The molecule has 0 bridgehead atoms. The van der Waals surface area contributed by atoms with E-state index < -0.39 is 0 Å². The summed E-state index contributed by atoms with van der Waals surface area (Å²) >= 11 is 0. The van der Waals surface area contributed by atoms with E-state index in [1.807, 2.05) is 19.1 Å². The van der Waals surface area contributed by atoms with Crippen LogP contribution in [-0.2, 0) is 11.2 Å². The number of hydrogen-bond donors (Lipinski definition) is 2. The second-order valence-corrected chi connectivity index (χ2v) is 7.33. The zero-order valence-corrected chi connectivity index (χ0v) is 15.0. The lowest BCUT2D eigenvalue weighted by molar-refractivity contribution is -0.119. The number of guanidine groups is 1. The van der Waals surface area contributed by atoms with Crippen LogP contribution < -0.4 is 10.6 Å². The monoisotopic (exact) mass is 344 g/mol. The molecule has 25 heavy (non-hydrogen) atoms. The summed E-state index contributed by atoms with van der Waals surface area (Å²) in [5, 5.41) is 6.47. The fourth-order valence-electron chi connectivity index (χ4n) is 3.66. The lowest BCUT2D eigenvalue weighted by Crippen LogP contribution is -2.51. The highest BCUT2D eigenvalue weighted by molar-refractivity contribution is 5.82. The molecule has 1 aromatic rings. The Labute approximate surface area is 149 Å². The number of carbonyl (C=O) groups excluding carboxylic acids is 1. The fraction of sp³-hybridized carbons (Fsp3) is 0.579. The van der Waals surface area contributed by atoms with Gasteiger partial charge in [0.05, 0.1) is 12.8 Å². The minimum atomic E-state index is 0.0576. The number of carbonyl (C=O) groups is 1. The molecule has 6 nitrogen and oxygen atoms in total. The van der Waals surface area contributed by atoms with E-state index in [4.69, 9.17) is 9.41 Å². The van der Waals surface area contributed by atoms with Gasteiger partial charge in [0, 0.05) is 44.4 Å². The third-order valence-corrected chi connectivity index (χ3v) is 4.89. The maximum Gasteiger partial charge on any atom is 0.220 e. The zero-order chi connectivity index (χ0) is 17.7. The Hall–Kier alpha value is -2.24. The number of piperidine rings is 1. The first-order chi connectivity index (χ1) is 12.1. The van der Waals surface area contributed by atoms with Crippen LogP contribution in [0.25, 0.3) is 0 Å². The summed E-state index contributed by atoms with van der Waals surface area (Å²) in [7, 11) is 0. The van der Waals surface area contributed by atoms with Crippen LogP contribution in [0, 0.1) is 5.41 Å². The maximum atomic E-state index is 11.7. The molecule has 2 aliphatic rings. The first-order valence-corrected chi connectivity index (χ1v) is 9.03. The second-order valence-electron chi connectivity index (χ2n) is 7.33. The van der Waals surface area contributed by atoms with Crippen LogP contribution in [0.4, 0.5) is 0 Å². The molecule has 3 heterocycles. The number of nitrogens with zero attached hydrogens (tertiary/aromatic N) is 2. The molecule has 1 unspecified atom stereocenters. The van der Waals surface area contributed by atoms with Crippen LogP contribution in [0.1, 0.15) is 31.9 Å². The number of nitrogens with one attached hydrogen (secondary N) is 2. The molecule has 0 aromatic carbocycles. The van der Waals surface area contributed by atoms with E-state index in [1.165, 1.54) is 0 Å². The van der Waals surface area contributed by atoms with Crippen molar-refractivity contribution in [2.45, 2.75) is 32.6 Å². The Kier molecular flexibility index (Phi) is 5.46. The molecule has 1 atom stereocenters. The number of amides is 1. The quantitative estimate of drug-likeness (QED) is 0.487. The average Bonchev–Trinajstić information content (AvgIpc) is 3.21. The number of likely N-dealkylation sites (tertiary alicyclic amines) is 1. The second kappa shape index (κ2) is 7.76. The summed E-state index contributed by atoms with van der Waals surface area (Å²) in [6.07, 6.45) is 5.33. The molecular formula is C19H28N4O2. The Morgan fingerprint density at radius 3 is 3.12 bits per heavy atom. The molecule has 2 aliphatic heterocycles. The van der Waals surface area contributed by atoms with E-state index in [0.29, 0.717) is 13.0 Å². The highest BCUT2D eigenvalue weighted by Crippen LogP contribution is 2.36. The van der Waals surface area contributed by atoms with Crippen LogP contribution in [0.3, 0.4) is 0 Å². The summed E-state index contributed by atoms with van der Waals surface area (Å²) < 4.78 is 5.39. The van der Waals surface area contributed by atoms with Crippen molar-refractivity contribution in [3.63, 3.8) is 0 Å². The van der Waals surface area contributed by atoms with E-state index in [9.17, 15) is 4.79 Å². The van der Waals surface area contributed by atoms with Crippen molar-refractivity contribution in [2.75, 3.05) is 32.7 Å². The molecule has 1 aromatic heterocycles. The van der Waals surface area contributed by atoms with Gasteiger partial charge >= 0.3 is 0 Å². The first-order valence-electron chi connectivity index (χ1n) is 9.03. The minimum absolute atomic E-state index is 0.0576. The topological polar surface area (TPSA) is 69.9 Å². The van der Waals surface area contributed by atoms with Crippen molar-refractivity contribution in [3.05, 3.63) is 36.3 Å². The van der Waals surface area contributed by atoms with E-state index in [2.05, 4.69) is 22.1 Å². The maximum absolute atomic E-state index is 11.7. The molecule has 1 spiro atoms. The largest absolute Gasteiger partial charge is 0.469 e. The summed E-state index contributed by atoms with van der Waals surface area (Å²) in [5.74, 6) is 2.05. The lowest BCUT2D eigenvalue weighted by Gasteiger charge is -2.41. The van der Waals surface area contributed by atoms with E-state index in [-0.39, 0.29) is 11.3 Å². The zero-order valence-electron chi connectivity index (χ0n) is 15.0. The first kappa shape index (κ1) is 17.6. The summed E-state index contributed by atoms with van der Waals surface area (Å²) in [5.41, 5.74) is 1.09. The van der Waals surface area contributed by atoms with Gasteiger partial charge in [-0.25, -0.2) is 4.99 Å². The standard InChI is InChI=1S/C19H28N4O2/c1-15(2)12-21-18(20-8-6-16-5-3-10-25-16)23-9-4-7-19(14-23)11-17(24)22-13-19/h3,5,10H,1,4,6-9,11-14H2,2H3,(H,20,21)(H,22,24). The minimum Gasteiger partial charge on any atom is -0.469 e. The van der Waals surface area contributed by atoms with Gasteiger partial charge < -0.3 is 20.0 Å². The molecule has 3 rings (SSSR count). The molecule has 0 radical (unpaired) electrons. The molecule has 2 N–H and O–H groups in total. The van der Waals surface area contributed by atoms with Gasteiger partial charge in [-0.3, -0.25) is 4.79 Å². The predicted octanol–water partition coefficient (Wildman–Crippen LogP) is 1.95. The van der Waals surface area contributed by atoms with E-state index >= 15 is 0 Å². The molecule has 0 aliphatic carbocycles. The van der Waals surface area contributed by atoms with Gasteiger partial charge in [0.15, 0.2) is 5.96 Å². The highest BCUT2D eigenvalue weighted by Gasteiger charge is 2.42. The Bertz CT molecular complexity index is 638. The van der Waals surface area contributed by atoms with Crippen LogP contribution in [0.15, 0.2) is 40.0 Å². The molecule has 2 fully saturated rings. The van der Waals surface area contributed by atoms with Crippen molar-refractivity contribution in [3.8, 4) is 0 Å². The van der Waals surface area contributed by atoms with Crippen LogP contribution in [-0.4, -0.2) is 49.5 Å². The predicted molar refractivity (Wildman–Crippen MR) is 98.4 cm³/mol. The molecular weight excluding hydrogens is 316 g/mol. The molecule has 0 saturated carbocycles. The van der Waals surface area contributed by atoms with Gasteiger partial charge in [0.1, 0.15) is 5.76 Å². The SMILES string of the molecule is C=C(C)CN=C(NCCc1ccco1)N1CCCC2(CNC(=O)C2)C1. The van der Waals surface area contributed by atoms with Gasteiger partial charge in [-0.1, -0.05) is 12.2 Å². The number of hydrogen-bond acceptors (Lipinski definition) is 3. The molecule has 1 amide bonds. The molecule has 2 saturated heterocycles.